The maximum Gasteiger partial charge on any atom is 0.371 e. The van der Waals surface area contributed by atoms with E-state index in [2.05, 4.69) is 6.58 Å². The van der Waals surface area contributed by atoms with Crippen molar-refractivity contribution in [3.63, 3.8) is 0 Å². The number of rotatable bonds is 3. The summed E-state index contributed by atoms with van der Waals surface area (Å²) >= 11 is 0. The van der Waals surface area contributed by atoms with Gasteiger partial charge in [0.25, 0.3) is 0 Å². The van der Waals surface area contributed by atoms with Gasteiger partial charge in [0.1, 0.15) is 23.0 Å². The van der Waals surface area contributed by atoms with Crippen molar-refractivity contribution in [3.05, 3.63) is 95.3 Å². The molecule has 2 heterocycles. The number of phenolic OH excluding ortho intramolecular Hbond substituents is 1. The zero-order chi connectivity index (χ0) is 21.0. The molecule has 0 bridgehead atoms. The third-order valence-corrected chi connectivity index (χ3v) is 5.15. The van der Waals surface area contributed by atoms with Crippen LogP contribution in [0, 0.1) is 0 Å². The summed E-state index contributed by atoms with van der Waals surface area (Å²) in [6.45, 7) is 3.35. The van der Waals surface area contributed by atoms with Crippen molar-refractivity contribution in [3.8, 4) is 23.0 Å². The predicted molar refractivity (Wildman–Crippen MR) is 104 cm³/mol. The maximum absolute atomic E-state index is 12.7. The molecule has 3 aromatic carbocycles. The topological polar surface area (TPSA) is 102 Å². The number of hydrogen-bond acceptors (Lipinski definition) is 6. The van der Waals surface area contributed by atoms with Gasteiger partial charge in [-0.25, -0.2) is 9.59 Å². The molecular weight excluding hydrogens is 388 g/mol. The highest BCUT2D eigenvalue weighted by Gasteiger charge is 2.53. The Labute approximate surface area is 170 Å². The summed E-state index contributed by atoms with van der Waals surface area (Å²) in [5, 5.41) is 19.0. The SMILES string of the molecule is C=C(Oc1ccc2c(c1)Oc1cc(O)ccc1C21OC(=O)c2ccccc21)C(=O)O. The Morgan fingerprint density at radius 2 is 1.67 bits per heavy atom. The Bertz CT molecular complexity index is 1260. The summed E-state index contributed by atoms with van der Waals surface area (Å²) in [5.41, 5.74) is 0.924. The van der Waals surface area contributed by atoms with Crippen molar-refractivity contribution in [2.75, 3.05) is 0 Å². The number of carbonyl (C=O) groups is 2. The lowest BCUT2D eigenvalue weighted by Gasteiger charge is -2.36. The van der Waals surface area contributed by atoms with Crippen molar-refractivity contribution < 1.29 is 34.0 Å². The molecule has 0 aliphatic carbocycles. The standard InChI is InChI=1S/C23H14O7/c1-12(21(25)26)28-14-7-9-18-20(11-14)29-19-10-13(24)6-8-17(19)23(18)16-5-3-2-4-15(16)22(27)30-23/h2-11,24H,1H2,(H,25,26). The van der Waals surface area contributed by atoms with Crippen LogP contribution in [0.1, 0.15) is 27.0 Å². The van der Waals surface area contributed by atoms with Crippen LogP contribution in [-0.4, -0.2) is 22.2 Å². The van der Waals surface area contributed by atoms with Gasteiger partial charge in [0.15, 0.2) is 5.60 Å². The third kappa shape index (κ3) is 2.39. The van der Waals surface area contributed by atoms with Gasteiger partial charge in [-0.3, -0.25) is 0 Å². The summed E-state index contributed by atoms with van der Waals surface area (Å²) < 4.78 is 17.2. The molecule has 1 spiro atoms. The fourth-order valence-corrected chi connectivity index (χ4v) is 3.89. The van der Waals surface area contributed by atoms with E-state index < -0.39 is 23.3 Å². The largest absolute Gasteiger partial charge is 0.508 e. The minimum atomic E-state index is -1.29. The van der Waals surface area contributed by atoms with Gasteiger partial charge in [-0.05, 0) is 36.9 Å². The molecule has 3 aromatic rings. The molecule has 0 saturated carbocycles. The summed E-state index contributed by atoms with van der Waals surface area (Å²) in [6.07, 6.45) is 0. The first-order chi connectivity index (χ1) is 14.4. The highest BCUT2D eigenvalue weighted by atomic mass is 16.6. The lowest BCUT2D eigenvalue weighted by Crippen LogP contribution is -2.32. The van der Waals surface area contributed by atoms with E-state index in [0.717, 1.165) is 0 Å². The molecule has 0 radical (unpaired) electrons. The van der Waals surface area contributed by atoms with Crippen LogP contribution in [0.4, 0.5) is 0 Å². The van der Waals surface area contributed by atoms with Crippen LogP contribution < -0.4 is 9.47 Å². The van der Waals surface area contributed by atoms with Gasteiger partial charge in [0.05, 0.1) is 5.56 Å². The second kappa shape index (κ2) is 6.12. The average molecular weight is 402 g/mol. The van der Waals surface area contributed by atoms with E-state index >= 15 is 0 Å². The maximum atomic E-state index is 12.7. The smallest absolute Gasteiger partial charge is 0.371 e. The molecule has 0 saturated heterocycles. The van der Waals surface area contributed by atoms with Crippen molar-refractivity contribution >= 4 is 11.9 Å². The van der Waals surface area contributed by atoms with Gasteiger partial charge in [-0.15, -0.1) is 0 Å². The van der Waals surface area contributed by atoms with Crippen LogP contribution in [0.2, 0.25) is 0 Å². The molecular formula is C23H14O7. The number of ether oxygens (including phenoxy) is 3. The lowest BCUT2D eigenvalue weighted by molar-refractivity contribution is -0.135. The number of aliphatic carboxylic acids is 1. The minimum Gasteiger partial charge on any atom is -0.508 e. The van der Waals surface area contributed by atoms with Crippen LogP contribution in [-0.2, 0) is 15.1 Å². The Kier molecular flexibility index (Phi) is 3.63. The van der Waals surface area contributed by atoms with Gasteiger partial charge in [-0.1, -0.05) is 18.2 Å². The summed E-state index contributed by atoms with van der Waals surface area (Å²) in [4.78, 5) is 23.7. The molecule has 1 unspecified atom stereocenters. The molecule has 2 aliphatic rings. The first-order valence-electron chi connectivity index (χ1n) is 8.99. The van der Waals surface area contributed by atoms with E-state index in [0.29, 0.717) is 33.8 Å². The summed E-state index contributed by atoms with van der Waals surface area (Å²) in [6, 6.07) is 16.3. The molecule has 148 valence electrons. The summed E-state index contributed by atoms with van der Waals surface area (Å²) in [7, 11) is 0. The number of esters is 1. The van der Waals surface area contributed by atoms with Crippen molar-refractivity contribution in [1.29, 1.82) is 0 Å². The lowest BCUT2D eigenvalue weighted by atomic mass is 9.77. The number of fused-ring (bicyclic) bond motifs is 6. The monoisotopic (exact) mass is 402 g/mol. The molecule has 0 aromatic heterocycles. The molecule has 5 rings (SSSR count). The minimum absolute atomic E-state index is 0.0170. The van der Waals surface area contributed by atoms with Gasteiger partial charge >= 0.3 is 11.9 Å². The van der Waals surface area contributed by atoms with E-state index in [1.165, 1.54) is 18.2 Å². The van der Waals surface area contributed by atoms with Crippen LogP contribution in [0.15, 0.2) is 73.0 Å². The second-order valence-corrected chi connectivity index (χ2v) is 6.89. The number of carbonyl (C=O) groups excluding carboxylic acids is 1. The number of hydrogen-bond donors (Lipinski definition) is 2. The van der Waals surface area contributed by atoms with Crippen molar-refractivity contribution in [2.45, 2.75) is 5.60 Å². The molecule has 2 N–H and O–H groups in total. The normalized spacial score (nSPS) is 17.9. The summed E-state index contributed by atoms with van der Waals surface area (Å²) in [5.74, 6) is -1.43. The molecule has 7 nitrogen and oxygen atoms in total. The molecule has 7 heteroatoms. The Morgan fingerprint density at radius 1 is 0.967 bits per heavy atom. The molecule has 30 heavy (non-hydrogen) atoms. The van der Waals surface area contributed by atoms with E-state index in [-0.39, 0.29) is 11.5 Å². The van der Waals surface area contributed by atoms with Gasteiger partial charge in [-0.2, -0.15) is 0 Å². The third-order valence-electron chi connectivity index (χ3n) is 5.15. The number of aromatic hydroxyl groups is 1. The van der Waals surface area contributed by atoms with Crippen LogP contribution in [0.25, 0.3) is 0 Å². The van der Waals surface area contributed by atoms with Crippen LogP contribution >= 0.6 is 0 Å². The van der Waals surface area contributed by atoms with Gasteiger partial charge < -0.3 is 24.4 Å². The fourth-order valence-electron chi connectivity index (χ4n) is 3.89. The predicted octanol–water partition coefficient (Wildman–Crippen LogP) is 3.94. The first kappa shape index (κ1) is 17.8. The van der Waals surface area contributed by atoms with Crippen LogP contribution in [0.3, 0.4) is 0 Å². The second-order valence-electron chi connectivity index (χ2n) is 6.89. The Morgan fingerprint density at radius 3 is 2.43 bits per heavy atom. The van der Waals surface area contributed by atoms with E-state index in [9.17, 15) is 14.7 Å². The van der Waals surface area contributed by atoms with Crippen LogP contribution in [0.5, 0.6) is 23.0 Å². The number of benzene rings is 3. The molecule has 2 aliphatic heterocycles. The Hall–Kier alpha value is -4.26. The molecule has 1 atom stereocenters. The number of carboxylic acids is 1. The molecule has 0 amide bonds. The number of phenols is 1. The fraction of sp³-hybridized carbons (Fsp3) is 0.0435. The Balaban J connectivity index is 1.75. The van der Waals surface area contributed by atoms with Gasteiger partial charge in [0.2, 0.25) is 5.76 Å². The van der Waals surface area contributed by atoms with E-state index in [1.807, 2.05) is 12.1 Å². The quantitative estimate of drug-likeness (QED) is 0.389. The zero-order valence-electron chi connectivity index (χ0n) is 15.4. The van der Waals surface area contributed by atoms with Gasteiger partial charge in [0, 0.05) is 28.8 Å². The van der Waals surface area contributed by atoms with Crippen molar-refractivity contribution in [1.82, 2.24) is 0 Å². The highest BCUT2D eigenvalue weighted by molar-refractivity contribution is 5.97. The first-order valence-corrected chi connectivity index (χ1v) is 8.99. The van der Waals surface area contributed by atoms with E-state index in [4.69, 9.17) is 19.3 Å². The number of carboxylic acid groups (broad SMARTS) is 1. The zero-order valence-corrected chi connectivity index (χ0v) is 15.4. The van der Waals surface area contributed by atoms with Crippen molar-refractivity contribution in [2.24, 2.45) is 0 Å². The highest BCUT2D eigenvalue weighted by Crippen LogP contribution is 2.56. The molecule has 0 fully saturated rings. The van der Waals surface area contributed by atoms with E-state index in [1.54, 1.807) is 30.3 Å². The average Bonchev–Trinajstić information content (AvgIpc) is 3.01.